The number of allylic oxidation sites excluding steroid dienone is 1. The summed E-state index contributed by atoms with van der Waals surface area (Å²) in [5, 5.41) is 9.72. The molecule has 4 atom stereocenters. The van der Waals surface area contributed by atoms with Crippen molar-refractivity contribution in [3.63, 3.8) is 0 Å². The van der Waals surface area contributed by atoms with Gasteiger partial charge in [0.1, 0.15) is 18.1 Å². The average Bonchev–Trinajstić information content (AvgIpc) is 3.51. The lowest BCUT2D eigenvalue weighted by molar-refractivity contribution is -0.138. The Morgan fingerprint density at radius 3 is 2.38 bits per heavy atom. The number of amides is 2. The average molecular weight is 536 g/mol. The van der Waals surface area contributed by atoms with Crippen molar-refractivity contribution in [1.82, 2.24) is 4.90 Å². The molecule has 3 aromatic rings. The summed E-state index contributed by atoms with van der Waals surface area (Å²) in [6.07, 6.45) is 4.03. The summed E-state index contributed by atoms with van der Waals surface area (Å²) in [7, 11) is 1.59. The minimum atomic E-state index is -0.362. The molecule has 1 aliphatic carbocycles. The second-order valence-corrected chi connectivity index (χ2v) is 10.8. The number of para-hydroxylation sites is 1. The van der Waals surface area contributed by atoms with E-state index in [4.69, 9.17) is 9.47 Å². The molecule has 0 unspecified atom stereocenters. The van der Waals surface area contributed by atoms with Gasteiger partial charge in [-0.2, -0.15) is 0 Å². The van der Waals surface area contributed by atoms with Crippen LogP contribution in [0.2, 0.25) is 0 Å². The number of carbonyl (C=O) groups excluding carboxylic acids is 2. The molecule has 0 radical (unpaired) electrons. The van der Waals surface area contributed by atoms with Gasteiger partial charge >= 0.3 is 0 Å². The zero-order chi connectivity index (χ0) is 27.6. The van der Waals surface area contributed by atoms with Crippen LogP contribution in [0, 0.1) is 17.8 Å². The summed E-state index contributed by atoms with van der Waals surface area (Å²) in [5.74, 6) is -0.00178. The van der Waals surface area contributed by atoms with Crippen molar-refractivity contribution in [2.24, 2.45) is 17.8 Å². The molecule has 204 valence electrons. The van der Waals surface area contributed by atoms with Crippen molar-refractivity contribution in [3.8, 4) is 11.5 Å². The highest BCUT2D eigenvalue weighted by atomic mass is 16.5. The minimum Gasteiger partial charge on any atom is -0.508 e. The Hall–Kier alpha value is -4.16. The number of carbonyl (C=O) groups is 2. The molecule has 2 amide bonds. The Bertz CT molecular complexity index is 1440. The second-order valence-electron chi connectivity index (χ2n) is 10.8. The Morgan fingerprint density at radius 2 is 1.65 bits per heavy atom. The molecular formula is C34H33NO5. The summed E-state index contributed by atoms with van der Waals surface area (Å²) in [5.41, 5.74) is 5.54. The summed E-state index contributed by atoms with van der Waals surface area (Å²) < 4.78 is 12.6. The Labute approximate surface area is 234 Å². The van der Waals surface area contributed by atoms with Crippen LogP contribution in [0.1, 0.15) is 30.4 Å². The maximum atomic E-state index is 13.1. The van der Waals surface area contributed by atoms with Crippen LogP contribution < -0.4 is 4.74 Å². The van der Waals surface area contributed by atoms with Crippen molar-refractivity contribution >= 4 is 23.5 Å². The molecule has 40 heavy (non-hydrogen) atoms. The van der Waals surface area contributed by atoms with E-state index in [9.17, 15) is 14.7 Å². The number of phenols is 1. The van der Waals surface area contributed by atoms with E-state index < -0.39 is 0 Å². The predicted molar refractivity (Wildman–Crippen MR) is 153 cm³/mol. The highest BCUT2D eigenvalue weighted by Gasteiger charge is 2.56. The fourth-order valence-electron chi connectivity index (χ4n) is 6.46. The maximum Gasteiger partial charge on any atom is 0.233 e. The summed E-state index contributed by atoms with van der Waals surface area (Å²) in [6, 6.07) is 27.2. The van der Waals surface area contributed by atoms with Gasteiger partial charge in [0.15, 0.2) is 0 Å². The Balaban J connectivity index is 1.29. The monoisotopic (exact) mass is 535 g/mol. The molecule has 0 saturated carbocycles. The van der Waals surface area contributed by atoms with Gasteiger partial charge in [-0.15, -0.1) is 0 Å². The van der Waals surface area contributed by atoms with Crippen LogP contribution >= 0.6 is 0 Å². The van der Waals surface area contributed by atoms with E-state index in [1.54, 1.807) is 19.2 Å². The molecule has 3 aliphatic rings. The van der Waals surface area contributed by atoms with Gasteiger partial charge in [0, 0.05) is 13.0 Å². The highest BCUT2D eigenvalue weighted by molar-refractivity contribution is 6.05. The lowest BCUT2D eigenvalue weighted by atomic mass is 9.69. The van der Waals surface area contributed by atoms with Crippen LogP contribution in [-0.2, 0) is 14.3 Å². The first-order valence-electron chi connectivity index (χ1n) is 13.9. The van der Waals surface area contributed by atoms with Crippen molar-refractivity contribution in [2.75, 3.05) is 20.3 Å². The second kappa shape index (κ2) is 11.1. The molecule has 0 bridgehead atoms. The summed E-state index contributed by atoms with van der Waals surface area (Å²) >= 11 is 0. The SMILES string of the molecule is CN1C(=O)[C@@H]2[C@@H](CC(COc3ccccc3)=C3[C@@H](CC/C(=C/c4ccc(O)cc4)c4ccccc4)OC[C@@H]32)C1=O. The topological polar surface area (TPSA) is 76.1 Å². The molecule has 0 aromatic heterocycles. The molecular weight excluding hydrogens is 502 g/mol. The predicted octanol–water partition coefficient (Wildman–Crippen LogP) is 5.74. The standard InChI is InChI=1S/C34H33NO5/c1-35-33(37)28-19-25(20-39-27-10-6-3-7-11-27)31-29(32(28)34(35)38)21-40-30(31)17-14-24(23-8-4-2-5-9-23)18-22-12-15-26(36)16-13-22/h2-13,15-16,18,28-30,32,36H,14,17,19-21H2,1H3/b24-18-/t28-,29+,30-,32-/m1/s1. The van der Waals surface area contributed by atoms with Crippen LogP contribution in [0.5, 0.6) is 11.5 Å². The van der Waals surface area contributed by atoms with E-state index in [0.717, 1.165) is 40.9 Å². The third-order valence-electron chi connectivity index (χ3n) is 8.44. The number of phenolic OH excluding ortho intramolecular Hbond substituents is 1. The maximum absolute atomic E-state index is 13.1. The first-order valence-corrected chi connectivity index (χ1v) is 13.9. The quantitative estimate of drug-likeness (QED) is 0.226. The molecule has 6 heteroatoms. The van der Waals surface area contributed by atoms with E-state index >= 15 is 0 Å². The molecule has 2 aliphatic heterocycles. The van der Waals surface area contributed by atoms with Gasteiger partial charge in [-0.25, -0.2) is 0 Å². The molecule has 2 heterocycles. The lowest BCUT2D eigenvalue weighted by Crippen LogP contribution is -2.35. The van der Waals surface area contributed by atoms with Crippen LogP contribution in [0.4, 0.5) is 0 Å². The van der Waals surface area contributed by atoms with Crippen LogP contribution in [0.3, 0.4) is 0 Å². The summed E-state index contributed by atoms with van der Waals surface area (Å²) in [4.78, 5) is 27.4. The van der Waals surface area contributed by atoms with Crippen molar-refractivity contribution in [2.45, 2.75) is 25.4 Å². The number of hydrogen-bond acceptors (Lipinski definition) is 5. The van der Waals surface area contributed by atoms with Crippen molar-refractivity contribution < 1.29 is 24.2 Å². The molecule has 0 spiro atoms. The lowest BCUT2D eigenvalue weighted by Gasteiger charge is -2.32. The third kappa shape index (κ3) is 5.07. The number of hydrogen-bond donors (Lipinski definition) is 1. The van der Waals surface area contributed by atoms with Gasteiger partial charge in [-0.05, 0) is 71.4 Å². The smallest absolute Gasteiger partial charge is 0.233 e. The van der Waals surface area contributed by atoms with Crippen molar-refractivity contribution in [3.05, 3.63) is 107 Å². The Morgan fingerprint density at radius 1 is 0.950 bits per heavy atom. The number of rotatable bonds is 8. The number of aromatic hydroxyl groups is 1. The fourth-order valence-corrected chi connectivity index (χ4v) is 6.46. The van der Waals surface area contributed by atoms with E-state index in [2.05, 4.69) is 18.2 Å². The zero-order valence-corrected chi connectivity index (χ0v) is 22.5. The van der Waals surface area contributed by atoms with Gasteiger partial charge in [0.25, 0.3) is 0 Å². The number of fused-ring (bicyclic) bond motifs is 3. The fraction of sp³-hybridized carbons (Fsp3) is 0.294. The first kappa shape index (κ1) is 26.1. The van der Waals surface area contributed by atoms with Crippen LogP contribution in [0.25, 0.3) is 11.6 Å². The van der Waals surface area contributed by atoms with Gasteiger partial charge in [0.2, 0.25) is 11.8 Å². The number of imide groups is 1. The molecule has 3 aromatic carbocycles. The molecule has 6 rings (SSSR count). The summed E-state index contributed by atoms with van der Waals surface area (Å²) in [6.45, 7) is 0.810. The zero-order valence-electron chi connectivity index (χ0n) is 22.5. The van der Waals surface area contributed by atoms with Crippen LogP contribution in [-0.4, -0.2) is 48.2 Å². The van der Waals surface area contributed by atoms with Gasteiger partial charge in [-0.1, -0.05) is 66.7 Å². The van der Waals surface area contributed by atoms with E-state index in [-0.39, 0.29) is 41.4 Å². The Kier molecular flexibility index (Phi) is 7.27. The number of ether oxygens (including phenoxy) is 2. The molecule has 2 saturated heterocycles. The van der Waals surface area contributed by atoms with Crippen LogP contribution in [0.15, 0.2) is 96.1 Å². The van der Waals surface area contributed by atoms with E-state index in [1.807, 2.05) is 60.7 Å². The molecule has 1 N–H and O–H groups in total. The largest absolute Gasteiger partial charge is 0.508 e. The van der Waals surface area contributed by atoms with Gasteiger partial charge in [-0.3, -0.25) is 14.5 Å². The number of benzene rings is 3. The molecule has 6 nitrogen and oxygen atoms in total. The molecule has 2 fully saturated rings. The van der Waals surface area contributed by atoms with E-state index in [1.165, 1.54) is 10.5 Å². The van der Waals surface area contributed by atoms with E-state index in [0.29, 0.717) is 19.6 Å². The van der Waals surface area contributed by atoms with Gasteiger partial charge in [0.05, 0.1) is 24.5 Å². The minimum absolute atomic E-state index is 0.0954. The third-order valence-corrected chi connectivity index (χ3v) is 8.44. The van der Waals surface area contributed by atoms with Crippen molar-refractivity contribution in [1.29, 1.82) is 0 Å². The van der Waals surface area contributed by atoms with Gasteiger partial charge < -0.3 is 14.6 Å². The first-order chi connectivity index (χ1) is 19.5. The number of likely N-dealkylation sites (tertiary alicyclic amines) is 1. The highest BCUT2D eigenvalue weighted by Crippen LogP contribution is 2.49. The normalized spacial score (nSPS) is 24.3. The number of nitrogens with zero attached hydrogens (tertiary/aromatic N) is 1.